The van der Waals surface area contributed by atoms with Gasteiger partial charge in [0.15, 0.2) is 11.0 Å². The Morgan fingerprint density at radius 3 is 2.68 bits per heavy atom. The lowest BCUT2D eigenvalue weighted by Gasteiger charge is -2.12. The third-order valence-corrected chi connectivity index (χ3v) is 3.85. The fourth-order valence-electron chi connectivity index (χ4n) is 2.66. The number of aromatic nitrogens is 4. The summed E-state index contributed by atoms with van der Waals surface area (Å²) in [5, 5.41) is 0.152. The molecule has 0 aliphatic rings. The number of nitrogens with two attached hydrogens (primary N) is 1. The van der Waals surface area contributed by atoms with Crippen molar-refractivity contribution in [3.05, 3.63) is 35.3 Å². The summed E-state index contributed by atoms with van der Waals surface area (Å²) in [6.45, 7) is 5.90. The Kier molecular flexibility index (Phi) is 3.48. The Balaban J connectivity index is 2.33. The Morgan fingerprint density at radius 2 is 2.00 bits per heavy atom. The maximum Gasteiger partial charge on any atom is 0.155 e. The lowest BCUT2D eigenvalue weighted by atomic mass is 10.1. The first-order chi connectivity index (χ1) is 10.4. The molecule has 0 spiro atoms. The Labute approximate surface area is 132 Å². The van der Waals surface area contributed by atoms with Crippen LogP contribution in [0.15, 0.2) is 18.5 Å². The molecule has 0 bridgehead atoms. The largest absolute Gasteiger partial charge is 0.394 e. The predicted octanol–water partition coefficient (Wildman–Crippen LogP) is 3.76. The molecule has 0 unspecified atom stereocenters. The number of benzene rings is 1. The molecule has 3 rings (SSSR count). The maximum absolute atomic E-state index is 14.4. The van der Waals surface area contributed by atoms with Crippen molar-refractivity contribution in [1.29, 1.82) is 0 Å². The zero-order chi connectivity index (χ0) is 16.0. The SMILES string of the molecule is Cc1nc2c(F)cc(-c3ncnc(Cl)c3N)cc2n1C(C)C. The van der Waals surface area contributed by atoms with E-state index >= 15 is 0 Å². The molecule has 0 fully saturated rings. The van der Waals surface area contributed by atoms with Crippen molar-refractivity contribution in [1.82, 2.24) is 19.5 Å². The van der Waals surface area contributed by atoms with Crippen molar-refractivity contribution in [3.8, 4) is 11.3 Å². The molecular weight excluding hydrogens is 305 g/mol. The molecule has 22 heavy (non-hydrogen) atoms. The van der Waals surface area contributed by atoms with E-state index in [1.54, 1.807) is 0 Å². The Hall–Kier alpha value is -2.21. The molecule has 0 radical (unpaired) electrons. The second-order valence-electron chi connectivity index (χ2n) is 5.38. The van der Waals surface area contributed by atoms with Crippen molar-refractivity contribution in [2.75, 3.05) is 5.73 Å². The topological polar surface area (TPSA) is 69.6 Å². The van der Waals surface area contributed by atoms with Gasteiger partial charge in [-0.05, 0) is 32.9 Å². The molecule has 0 saturated carbocycles. The average Bonchev–Trinajstić information content (AvgIpc) is 2.78. The summed E-state index contributed by atoms with van der Waals surface area (Å²) in [5.74, 6) is 0.346. The molecule has 114 valence electrons. The molecule has 0 aliphatic heterocycles. The lowest BCUT2D eigenvalue weighted by molar-refractivity contribution is 0.600. The fraction of sp³-hybridized carbons (Fsp3) is 0.267. The third kappa shape index (κ3) is 2.20. The molecule has 3 aromatic rings. The highest BCUT2D eigenvalue weighted by molar-refractivity contribution is 6.32. The van der Waals surface area contributed by atoms with E-state index in [1.165, 1.54) is 12.4 Å². The second-order valence-corrected chi connectivity index (χ2v) is 5.73. The molecular formula is C15H15ClFN5. The molecule has 2 heterocycles. The first kappa shape index (κ1) is 14.7. The van der Waals surface area contributed by atoms with Crippen molar-refractivity contribution >= 4 is 28.3 Å². The highest BCUT2D eigenvalue weighted by atomic mass is 35.5. The van der Waals surface area contributed by atoms with E-state index in [9.17, 15) is 4.39 Å². The van der Waals surface area contributed by atoms with Gasteiger partial charge in [-0.25, -0.2) is 19.3 Å². The van der Waals surface area contributed by atoms with Gasteiger partial charge in [0.05, 0.1) is 16.9 Å². The van der Waals surface area contributed by atoms with Crippen LogP contribution in [0, 0.1) is 12.7 Å². The van der Waals surface area contributed by atoms with E-state index in [0.29, 0.717) is 22.3 Å². The van der Waals surface area contributed by atoms with E-state index < -0.39 is 5.82 Å². The van der Waals surface area contributed by atoms with Crippen molar-refractivity contribution in [2.24, 2.45) is 0 Å². The van der Waals surface area contributed by atoms with Gasteiger partial charge in [0, 0.05) is 11.6 Å². The van der Waals surface area contributed by atoms with E-state index in [1.807, 2.05) is 31.4 Å². The second kappa shape index (κ2) is 5.21. The number of rotatable bonds is 2. The number of anilines is 1. The minimum absolute atomic E-state index is 0.152. The molecule has 5 nitrogen and oxygen atoms in total. The fourth-order valence-corrected chi connectivity index (χ4v) is 2.79. The highest BCUT2D eigenvalue weighted by Gasteiger charge is 2.17. The van der Waals surface area contributed by atoms with Gasteiger partial charge in [-0.1, -0.05) is 11.6 Å². The quantitative estimate of drug-likeness (QED) is 0.730. The predicted molar refractivity (Wildman–Crippen MR) is 85.3 cm³/mol. The van der Waals surface area contributed by atoms with E-state index in [2.05, 4.69) is 15.0 Å². The van der Waals surface area contributed by atoms with E-state index in [4.69, 9.17) is 17.3 Å². The molecule has 2 N–H and O–H groups in total. The number of aryl methyl sites for hydroxylation is 1. The molecule has 1 aromatic carbocycles. The standard InChI is InChI=1S/C15H15ClFN5/c1-7(2)22-8(3)21-14-10(17)4-9(5-11(14)22)13-12(18)15(16)20-6-19-13/h4-7H,18H2,1-3H3. The van der Waals surface area contributed by atoms with Gasteiger partial charge in [0.2, 0.25) is 0 Å². The molecule has 0 aliphatic carbocycles. The summed E-state index contributed by atoms with van der Waals surface area (Å²) in [5.41, 5.74) is 8.15. The Bertz CT molecular complexity index is 872. The van der Waals surface area contributed by atoms with E-state index in [-0.39, 0.29) is 16.9 Å². The number of nitrogen functional groups attached to an aromatic ring is 1. The van der Waals surface area contributed by atoms with Crippen LogP contribution < -0.4 is 5.73 Å². The molecule has 0 atom stereocenters. The van der Waals surface area contributed by atoms with Gasteiger partial charge in [-0.2, -0.15) is 0 Å². The summed E-state index contributed by atoms with van der Waals surface area (Å²) in [7, 11) is 0. The van der Waals surface area contributed by atoms with Gasteiger partial charge in [-0.3, -0.25) is 0 Å². The first-order valence-electron chi connectivity index (χ1n) is 6.84. The van der Waals surface area contributed by atoms with Crippen LogP contribution in [0.4, 0.5) is 10.1 Å². The van der Waals surface area contributed by atoms with Crippen LogP contribution in [0.5, 0.6) is 0 Å². The molecule has 7 heteroatoms. The smallest absolute Gasteiger partial charge is 0.155 e. The number of imidazole rings is 1. The van der Waals surface area contributed by atoms with Crippen LogP contribution in [0.2, 0.25) is 5.15 Å². The number of halogens is 2. The van der Waals surface area contributed by atoms with Gasteiger partial charge < -0.3 is 10.3 Å². The summed E-state index contributed by atoms with van der Waals surface area (Å²) in [6.07, 6.45) is 1.31. The van der Waals surface area contributed by atoms with Gasteiger partial charge in [0.1, 0.15) is 17.7 Å². The molecule has 2 aromatic heterocycles. The third-order valence-electron chi connectivity index (χ3n) is 3.55. The van der Waals surface area contributed by atoms with Gasteiger partial charge in [-0.15, -0.1) is 0 Å². The molecule has 0 saturated heterocycles. The van der Waals surface area contributed by atoms with Gasteiger partial charge >= 0.3 is 0 Å². The van der Waals surface area contributed by atoms with Gasteiger partial charge in [0.25, 0.3) is 0 Å². The summed E-state index contributed by atoms with van der Waals surface area (Å²) in [4.78, 5) is 12.2. The van der Waals surface area contributed by atoms with Crippen molar-refractivity contribution in [3.63, 3.8) is 0 Å². The van der Waals surface area contributed by atoms with Crippen LogP contribution in [0.1, 0.15) is 25.7 Å². The van der Waals surface area contributed by atoms with Crippen LogP contribution in [0.25, 0.3) is 22.3 Å². The van der Waals surface area contributed by atoms with Crippen molar-refractivity contribution < 1.29 is 4.39 Å². The summed E-state index contributed by atoms with van der Waals surface area (Å²) >= 11 is 5.92. The van der Waals surface area contributed by atoms with Crippen LogP contribution in [-0.2, 0) is 0 Å². The maximum atomic E-state index is 14.4. The number of fused-ring (bicyclic) bond motifs is 1. The van der Waals surface area contributed by atoms with E-state index in [0.717, 1.165) is 5.82 Å². The highest BCUT2D eigenvalue weighted by Crippen LogP contribution is 2.32. The van der Waals surface area contributed by atoms with Crippen LogP contribution in [-0.4, -0.2) is 19.5 Å². The van der Waals surface area contributed by atoms with Crippen LogP contribution >= 0.6 is 11.6 Å². The average molecular weight is 320 g/mol. The Morgan fingerprint density at radius 1 is 1.27 bits per heavy atom. The zero-order valence-electron chi connectivity index (χ0n) is 12.4. The van der Waals surface area contributed by atoms with Crippen LogP contribution in [0.3, 0.4) is 0 Å². The summed E-state index contributed by atoms with van der Waals surface area (Å²) < 4.78 is 16.4. The number of hydrogen-bond donors (Lipinski definition) is 1. The molecule has 0 amide bonds. The monoisotopic (exact) mass is 319 g/mol. The summed E-state index contributed by atoms with van der Waals surface area (Å²) in [6, 6.07) is 3.35. The van der Waals surface area contributed by atoms with Crippen molar-refractivity contribution in [2.45, 2.75) is 26.8 Å². The lowest BCUT2D eigenvalue weighted by Crippen LogP contribution is -2.03. The number of nitrogens with zero attached hydrogens (tertiary/aromatic N) is 4. The number of hydrogen-bond acceptors (Lipinski definition) is 4. The minimum Gasteiger partial charge on any atom is -0.394 e. The normalized spacial score (nSPS) is 11.5. The first-order valence-corrected chi connectivity index (χ1v) is 7.22. The zero-order valence-corrected chi connectivity index (χ0v) is 13.2. The minimum atomic E-state index is -0.413.